The van der Waals surface area contributed by atoms with E-state index in [1.807, 2.05) is 0 Å². The second kappa shape index (κ2) is 70.7. The molecule has 0 bridgehead atoms. The molecule has 0 aliphatic heterocycles. The van der Waals surface area contributed by atoms with Crippen molar-refractivity contribution in [3.8, 4) is 0 Å². The fourth-order valence-electron chi connectivity index (χ4n) is 12.2. The molecular weight excluding hydrogens is 1280 g/mol. The Balaban J connectivity index is 5.20. The second-order valence-electron chi connectivity index (χ2n) is 29.4. The SMILES string of the molecule is CCCCCCCCCCCCC(=O)OC[C@H](COP(=O)(O)OC[C@H](O)COP(=O)(O)OC[C@@H](COC(=O)CCCCCCCCCCCCCCCCCCC(C)C)OC(=O)CCCCCCCCCCCCCCCCCCC(C)C)OC(=O)CCCCCCCCCCCC. The quantitative estimate of drug-likeness (QED) is 0.0222. The molecule has 0 aliphatic carbocycles. The maximum absolute atomic E-state index is 13.1. The smallest absolute Gasteiger partial charge is 0.462 e. The van der Waals surface area contributed by atoms with Crippen LogP contribution in [0, 0.1) is 11.8 Å². The highest BCUT2D eigenvalue weighted by atomic mass is 31.2. The third kappa shape index (κ3) is 72.4. The third-order valence-electron chi connectivity index (χ3n) is 18.5. The predicted molar refractivity (Wildman–Crippen MR) is 400 cm³/mol. The van der Waals surface area contributed by atoms with Crippen LogP contribution in [0.2, 0.25) is 0 Å². The normalized spacial score (nSPS) is 13.9. The minimum atomic E-state index is -4.96. The largest absolute Gasteiger partial charge is 0.472 e. The Kier molecular flexibility index (Phi) is 69.3. The summed E-state index contributed by atoms with van der Waals surface area (Å²) in [7, 11) is -9.91. The first-order chi connectivity index (χ1) is 47.4. The van der Waals surface area contributed by atoms with E-state index in [4.69, 9.17) is 37.0 Å². The van der Waals surface area contributed by atoms with E-state index in [9.17, 15) is 43.2 Å². The van der Waals surface area contributed by atoms with Gasteiger partial charge in [0.2, 0.25) is 0 Å². The lowest BCUT2D eigenvalue weighted by Crippen LogP contribution is -2.30. The van der Waals surface area contributed by atoms with Gasteiger partial charge in [0.05, 0.1) is 26.4 Å². The number of rotatable bonds is 78. The zero-order valence-corrected chi connectivity index (χ0v) is 65.9. The molecule has 0 radical (unpaired) electrons. The molecule has 0 saturated heterocycles. The Morgan fingerprint density at radius 3 is 0.694 bits per heavy atom. The molecule has 17 nitrogen and oxygen atoms in total. The molecule has 98 heavy (non-hydrogen) atoms. The maximum atomic E-state index is 13.1. The van der Waals surface area contributed by atoms with E-state index < -0.39 is 97.5 Å². The van der Waals surface area contributed by atoms with Crippen LogP contribution in [0.1, 0.15) is 414 Å². The Bertz CT molecular complexity index is 1890. The summed E-state index contributed by atoms with van der Waals surface area (Å²) in [6.45, 7) is 9.66. The molecule has 0 aromatic rings. The van der Waals surface area contributed by atoms with Crippen LogP contribution in [0.5, 0.6) is 0 Å². The van der Waals surface area contributed by atoms with Gasteiger partial charge in [-0.3, -0.25) is 37.3 Å². The molecule has 0 spiro atoms. The summed E-state index contributed by atoms with van der Waals surface area (Å²) in [5.41, 5.74) is 0. The van der Waals surface area contributed by atoms with Crippen LogP contribution < -0.4 is 0 Å². The molecule has 0 aromatic heterocycles. The Labute approximate surface area is 600 Å². The van der Waals surface area contributed by atoms with Crippen molar-refractivity contribution >= 4 is 39.5 Å². The molecule has 0 aromatic carbocycles. The van der Waals surface area contributed by atoms with E-state index >= 15 is 0 Å². The maximum Gasteiger partial charge on any atom is 0.472 e. The van der Waals surface area contributed by atoms with Crippen LogP contribution >= 0.6 is 15.6 Å². The van der Waals surface area contributed by atoms with Gasteiger partial charge in [-0.25, -0.2) is 9.13 Å². The molecule has 19 heteroatoms. The summed E-state index contributed by atoms with van der Waals surface area (Å²) >= 11 is 0. The summed E-state index contributed by atoms with van der Waals surface area (Å²) in [4.78, 5) is 72.8. The average Bonchev–Trinajstić information content (AvgIpc) is 0.942. The van der Waals surface area contributed by atoms with E-state index in [0.717, 1.165) is 102 Å². The number of carbonyl (C=O) groups excluding carboxylic acids is 4. The van der Waals surface area contributed by atoms with Gasteiger partial charge in [0, 0.05) is 25.7 Å². The number of phosphoric ester groups is 2. The van der Waals surface area contributed by atoms with E-state index in [-0.39, 0.29) is 25.7 Å². The zero-order chi connectivity index (χ0) is 72.1. The monoisotopic (exact) mass is 1440 g/mol. The number of ether oxygens (including phenoxy) is 4. The first-order valence-corrected chi connectivity index (χ1v) is 44.0. The lowest BCUT2D eigenvalue weighted by atomic mass is 10.0. The molecule has 582 valence electrons. The highest BCUT2D eigenvalue weighted by Crippen LogP contribution is 2.45. The molecule has 3 N–H and O–H groups in total. The van der Waals surface area contributed by atoms with Gasteiger partial charge in [-0.2, -0.15) is 0 Å². The van der Waals surface area contributed by atoms with Gasteiger partial charge < -0.3 is 33.8 Å². The summed E-state index contributed by atoms with van der Waals surface area (Å²) in [6.07, 6.45) is 59.7. The Morgan fingerprint density at radius 2 is 0.469 bits per heavy atom. The summed E-state index contributed by atoms with van der Waals surface area (Å²) in [5, 5.41) is 10.6. The average molecular weight is 1440 g/mol. The van der Waals surface area contributed by atoms with Crippen LogP contribution in [0.3, 0.4) is 0 Å². The number of esters is 4. The van der Waals surface area contributed by atoms with Crippen molar-refractivity contribution in [1.82, 2.24) is 0 Å². The molecule has 2 unspecified atom stereocenters. The lowest BCUT2D eigenvalue weighted by molar-refractivity contribution is -0.161. The van der Waals surface area contributed by atoms with E-state index in [0.29, 0.717) is 25.7 Å². The molecule has 0 saturated carbocycles. The number of unbranched alkanes of at least 4 members (excludes halogenated alkanes) is 48. The van der Waals surface area contributed by atoms with Crippen LogP contribution in [0.4, 0.5) is 0 Å². The van der Waals surface area contributed by atoms with E-state index in [1.165, 1.54) is 231 Å². The highest BCUT2D eigenvalue weighted by molar-refractivity contribution is 7.47. The minimum Gasteiger partial charge on any atom is -0.462 e. The predicted octanol–water partition coefficient (Wildman–Crippen LogP) is 23.5. The molecular formula is C79H154O17P2. The van der Waals surface area contributed by atoms with E-state index in [2.05, 4.69) is 41.5 Å². The number of carbonyl (C=O) groups is 4. The minimum absolute atomic E-state index is 0.107. The van der Waals surface area contributed by atoms with Gasteiger partial charge in [0.15, 0.2) is 12.2 Å². The lowest BCUT2D eigenvalue weighted by Gasteiger charge is -2.21. The number of hydrogen-bond acceptors (Lipinski definition) is 15. The van der Waals surface area contributed by atoms with Crippen LogP contribution in [-0.2, 0) is 65.4 Å². The molecule has 5 atom stereocenters. The van der Waals surface area contributed by atoms with Crippen LogP contribution in [0.15, 0.2) is 0 Å². The second-order valence-corrected chi connectivity index (χ2v) is 32.3. The summed E-state index contributed by atoms with van der Waals surface area (Å²) < 4.78 is 68.6. The van der Waals surface area contributed by atoms with Gasteiger partial charge in [-0.05, 0) is 37.5 Å². The molecule has 0 amide bonds. The van der Waals surface area contributed by atoms with Crippen LogP contribution in [0.25, 0.3) is 0 Å². The van der Waals surface area contributed by atoms with Gasteiger partial charge in [-0.15, -0.1) is 0 Å². The molecule has 0 heterocycles. The number of phosphoric acid groups is 2. The summed E-state index contributed by atoms with van der Waals surface area (Å²) in [6, 6.07) is 0. The third-order valence-corrected chi connectivity index (χ3v) is 20.4. The van der Waals surface area contributed by atoms with E-state index in [1.54, 1.807) is 0 Å². The van der Waals surface area contributed by atoms with Gasteiger partial charge in [0.1, 0.15) is 19.3 Å². The Hall–Kier alpha value is -1.94. The van der Waals surface area contributed by atoms with Crippen molar-refractivity contribution in [3.05, 3.63) is 0 Å². The summed E-state index contributed by atoms with van der Waals surface area (Å²) in [5.74, 6) is -0.490. The van der Waals surface area contributed by atoms with Crippen molar-refractivity contribution in [3.63, 3.8) is 0 Å². The van der Waals surface area contributed by atoms with Gasteiger partial charge in [-0.1, -0.05) is 363 Å². The van der Waals surface area contributed by atoms with Crippen molar-refractivity contribution in [2.75, 3.05) is 39.6 Å². The first kappa shape index (κ1) is 96.1. The zero-order valence-electron chi connectivity index (χ0n) is 64.1. The van der Waals surface area contributed by atoms with Gasteiger partial charge in [0.25, 0.3) is 0 Å². The number of hydrogen-bond donors (Lipinski definition) is 3. The van der Waals surface area contributed by atoms with Crippen molar-refractivity contribution < 1.29 is 80.2 Å². The van der Waals surface area contributed by atoms with Crippen LogP contribution in [-0.4, -0.2) is 96.7 Å². The van der Waals surface area contributed by atoms with Gasteiger partial charge >= 0.3 is 39.5 Å². The van der Waals surface area contributed by atoms with Crippen molar-refractivity contribution in [2.24, 2.45) is 11.8 Å². The molecule has 0 fully saturated rings. The van der Waals surface area contributed by atoms with Crippen molar-refractivity contribution in [2.45, 2.75) is 432 Å². The fraction of sp³-hybridized carbons (Fsp3) is 0.949. The molecule has 0 aliphatic rings. The first-order valence-electron chi connectivity index (χ1n) is 41.0. The number of aliphatic hydroxyl groups is 1. The Morgan fingerprint density at radius 1 is 0.276 bits per heavy atom. The topological polar surface area (TPSA) is 237 Å². The molecule has 0 rings (SSSR count). The number of aliphatic hydroxyl groups excluding tert-OH is 1. The highest BCUT2D eigenvalue weighted by Gasteiger charge is 2.30. The standard InChI is InChI=1S/C79H154O17P2/c1-7-9-11-13-15-17-37-43-49-55-61-76(81)89-67-74(95-78(83)63-57-51-45-38-18-16-14-12-10-8-2)69-93-97(85,86)91-65-73(80)66-92-98(87,88)94-70-75(96-79(84)64-58-52-46-40-34-30-26-22-20-24-28-32-36-42-48-54-60-72(5)6)68-90-77(82)62-56-50-44-39-33-29-25-21-19-23-27-31-35-41-47-53-59-71(3)4/h71-75,80H,7-70H2,1-6H3,(H,85,86)(H,87,88)/t73-,74+,75+/m0/s1. The van der Waals surface area contributed by atoms with Crippen molar-refractivity contribution in [1.29, 1.82) is 0 Å². The fourth-order valence-corrected chi connectivity index (χ4v) is 13.8.